The Morgan fingerprint density at radius 3 is 2.40 bits per heavy atom. The van der Waals surface area contributed by atoms with Gasteiger partial charge in [-0.15, -0.1) is 11.8 Å². The smallest absolute Gasteiger partial charge is 0.0465 e. The topological polar surface area (TPSA) is 12.0 Å². The first kappa shape index (κ1) is 10.8. The van der Waals surface area contributed by atoms with Crippen molar-refractivity contribution in [1.82, 2.24) is 5.32 Å². The summed E-state index contributed by atoms with van der Waals surface area (Å²) in [5, 5.41) is 3.34. The minimum atomic E-state index is 1.03. The molecule has 1 aliphatic heterocycles. The Labute approximate surface area is 96.0 Å². The Hall–Kier alpha value is -0.730. The number of thioether (sulfide) groups is 1. The first-order chi connectivity index (χ1) is 7.16. The SMILES string of the molecule is Cc1cc(C)c(C=C2CNCS2)c(C)c1. The highest BCUT2D eigenvalue weighted by Gasteiger charge is 2.08. The normalized spacial score (nSPS) is 18.7. The van der Waals surface area contributed by atoms with Crippen molar-refractivity contribution >= 4 is 17.8 Å². The first-order valence-electron chi connectivity index (χ1n) is 5.29. The zero-order chi connectivity index (χ0) is 10.8. The van der Waals surface area contributed by atoms with Crippen molar-refractivity contribution in [2.45, 2.75) is 20.8 Å². The highest BCUT2D eigenvalue weighted by molar-refractivity contribution is 8.03. The molecule has 1 heterocycles. The lowest BCUT2D eigenvalue weighted by molar-refractivity contribution is 0.916. The van der Waals surface area contributed by atoms with E-state index in [1.165, 1.54) is 27.2 Å². The van der Waals surface area contributed by atoms with Gasteiger partial charge in [0.05, 0.1) is 0 Å². The molecule has 0 aromatic heterocycles. The fraction of sp³-hybridized carbons (Fsp3) is 0.385. The third kappa shape index (κ3) is 2.44. The van der Waals surface area contributed by atoms with Crippen LogP contribution in [-0.4, -0.2) is 12.4 Å². The second kappa shape index (κ2) is 4.42. The van der Waals surface area contributed by atoms with Gasteiger partial charge in [0, 0.05) is 17.3 Å². The maximum atomic E-state index is 3.34. The van der Waals surface area contributed by atoms with Gasteiger partial charge in [-0.2, -0.15) is 0 Å². The van der Waals surface area contributed by atoms with E-state index in [4.69, 9.17) is 0 Å². The van der Waals surface area contributed by atoms with Gasteiger partial charge in [-0.1, -0.05) is 17.7 Å². The summed E-state index contributed by atoms with van der Waals surface area (Å²) in [5.41, 5.74) is 5.51. The number of rotatable bonds is 1. The predicted molar refractivity (Wildman–Crippen MR) is 69.1 cm³/mol. The van der Waals surface area contributed by atoms with Gasteiger partial charge in [-0.05, 0) is 43.5 Å². The van der Waals surface area contributed by atoms with Gasteiger partial charge in [0.25, 0.3) is 0 Å². The predicted octanol–water partition coefficient (Wildman–Crippen LogP) is 3.25. The number of hydrogen-bond acceptors (Lipinski definition) is 2. The molecule has 0 spiro atoms. The molecular formula is C13H17NS. The van der Waals surface area contributed by atoms with Crippen molar-refractivity contribution in [3.8, 4) is 0 Å². The van der Waals surface area contributed by atoms with Crippen molar-refractivity contribution < 1.29 is 0 Å². The Balaban J connectivity index is 2.39. The average Bonchev–Trinajstić information content (AvgIpc) is 2.63. The zero-order valence-corrected chi connectivity index (χ0v) is 10.4. The molecule has 0 bridgehead atoms. The van der Waals surface area contributed by atoms with Crippen LogP contribution in [0.3, 0.4) is 0 Å². The van der Waals surface area contributed by atoms with E-state index >= 15 is 0 Å². The summed E-state index contributed by atoms with van der Waals surface area (Å²) in [5.74, 6) is 1.05. The molecule has 80 valence electrons. The zero-order valence-electron chi connectivity index (χ0n) is 9.55. The summed E-state index contributed by atoms with van der Waals surface area (Å²) >= 11 is 1.91. The maximum absolute atomic E-state index is 3.34. The second-order valence-corrected chi connectivity index (χ2v) is 5.24. The van der Waals surface area contributed by atoms with E-state index < -0.39 is 0 Å². The van der Waals surface area contributed by atoms with Crippen LogP contribution in [0.1, 0.15) is 22.3 Å². The van der Waals surface area contributed by atoms with Crippen LogP contribution in [0.15, 0.2) is 17.0 Å². The molecule has 0 amide bonds. The van der Waals surface area contributed by atoms with Crippen molar-refractivity contribution in [2.24, 2.45) is 0 Å². The monoisotopic (exact) mass is 219 g/mol. The van der Waals surface area contributed by atoms with Crippen LogP contribution >= 0.6 is 11.8 Å². The Morgan fingerprint density at radius 2 is 1.87 bits per heavy atom. The van der Waals surface area contributed by atoms with E-state index in [9.17, 15) is 0 Å². The van der Waals surface area contributed by atoms with Crippen molar-refractivity contribution in [2.75, 3.05) is 12.4 Å². The van der Waals surface area contributed by atoms with Crippen molar-refractivity contribution in [1.29, 1.82) is 0 Å². The van der Waals surface area contributed by atoms with Crippen molar-refractivity contribution in [3.05, 3.63) is 39.3 Å². The first-order valence-corrected chi connectivity index (χ1v) is 6.27. The van der Waals surface area contributed by atoms with Gasteiger partial charge in [0.2, 0.25) is 0 Å². The third-order valence-electron chi connectivity index (χ3n) is 2.70. The fourth-order valence-corrected chi connectivity index (χ4v) is 2.84. The van der Waals surface area contributed by atoms with Crippen LogP contribution in [0, 0.1) is 20.8 Å². The van der Waals surface area contributed by atoms with E-state index in [0.29, 0.717) is 0 Å². The lowest BCUT2D eigenvalue weighted by Crippen LogP contribution is -2.04. The van der Waals surface area contributed by atoms with Gasteiger partial charge in [0.15, 0.2) is 0 Å². The molecule has 0 saturated carbocycles. The van der Waals surface area contributed by atoms with Crippen LogP contribution in [0.25, 0.3) is 6.08 Å². The fourth-order valence-electron chi connectivity index (χ4n) is 2.04. The molecular weight excluding hydrogens is 202 g/mol. The van der Waals surface area contributed by atoms with E-state index in [2.05, 4.69) is 44.3 Å². The highest BCUT2D eigenvalue weighted by atomic mass is 32.2. The number of benzene rings is 1. The summed E-state index contributed by atoms with van der Waals surface area (Å²) < 4.78 is 0. The van der Waals surface area contributed by atoms with Gasteiger partial charge < -0.3 is 5.32 Å². The molecule has 1 N–H and O–H groups in total. The van der Waals surface area contributed by atoms with Gasteiger partial charge in [0.1, 0.15) is 0 Å². The quantitative estimate of drug-likeness (QED) is 0.778. The van der Waals surface area contributed by atoms with E-state index in [-0.39, 0.29) is 0 Å². The van der Waals surface area contributed by atoms with Crippen LogP contribution in [0.4, 0.5) is 0 Å². The molecule has 15 heavy (non-hydrogen) atoms. The molecule has 1 fully saturated rings. The number of hydrogen-bond donors (Lipinski definition) is 1. The molecule has 1 aliphatic rings. The molecule has 2 rings (SSSR count). The number of nitrogens with one attached hydrogen (secondary N) is 1. The standard InChI is InChI=1S/C13H17NS/c1-9-4-10(2)13(11(3)5-9)6-12-7-14-8-15-12/h4-6,14H,7-8H2,1-3H3. The van der Waals surface area contributed by atoms with Crippen LogP contribution in [0.5, 0.6) is 0 Å². The summed E-state index contributed by atoms with van der Waals surface area (Å²) in [4.78, 5) is 1.45. The molecule has 1 saturated heterocycles. The van der Waals surface area contributed by atoms with Crippen molar-refractivity contribution in [3.63, 3.8) is 0 Å². The minimum Gasteiger partial charge on any atom is -0.303 e. The molecule has 2 heteroatoms. The van der Waals surface area contributed by atoms with Crippen LogP contribution < -0.4 is 5.32 Å². The minimum absolute atomic E-state index is 1.03. The van der Waals surface area contributed by atoms with Crippen LogP contribution in [-0.2, 0) is 0 Å². The van der Waals surface area contributed by atoms with Gasteiger partial charge in [-0.3, -0.25) is 0 Å². The molecule has 1 aromatic carbocycles. The van der Waals surface area contributed by atoms with E-state index in [1.807, 2.05) is 11.8 Å². The summed E-state index contributed by atoms with van der Waals surface area (Å²) in [6.07, 6.45) is 2.33. The molecule has 0 unspecified atom stereocenters. The van der Waals surface area contributed by atoms with Crippen LogP contribution in [0.2, 0.25) is 0 Å². The third-order valence-corrected chi connectivity index (χ3v) is 3.68. The Morgan fingerprint density at radius 1 is 1.20 bits per heavy atom. The Bertz CT molecular complexity index is 376. The lowest BCUT2D eigenvalue weighted by atomic mass is 9.99. The second-order valence-electron chi connectivity index (χ2n) is 4.14. The Kier molecular flexibility index (Phi) is 3.17. The largest absolute Gasteiger partial charge is 0.303 e. The molecule has 1 nitrogen and oxygen atoms in total. The molecule has 0 aliphatic carbocycles. The summed E-state index contributed by atoms with van der Waals surface area (Å²) in [6.45, 7) is 7.57. The highest BCUT2D eigenvalue weighted by Crippen LogP contribution is 2.25. The molecule has 0 radical (unpaired) electrons. The summed E-state index contributed by atoms with van der Waals surface area (Å²) in [6, 6.07) is 4.51. The van der Waals surface area contributed by atoms with E-state index in [0.717, 1.165) is 12.4 Å². The van der Waals surface area contributed by atoms with Gasteiger partial charge >= 0.3 is 0 Å². The maximum Gasteiger partial charge on any atom is 0.0465 e. The van der Waals surface area contributed by atoms with Gasteiger partial charge in [-0.25, -0.2) is 0 Å². The average molecular weight is 219 g/mol. The molecule has 1 aromatic rings. The van der Waals surface area contributed by atoms with E-state index in [1.54, 1.807) is 0 Å². The number of aryl methyl sites for hydroxylation is 3. The lowest BCUT2D eigenvalue weighted by Gasteiger charge is -2.08. The molecule has 0 atom stereocenters. The summed E-state index contributed by atoms with van der Waals surface area (Å²) in [7, 11) is 0.